The summed E-state index contributed by atoms with van der Waals surface area (Å²) < 4.78 is 21.3. The summed E-state index contributed by atoms with van der Waals surface area (Å²) in [5, 5.41) is 0. The van der Waals surface area contributed by atoms with Crippen molar-refractivity contribution in [2.75, 3.05) is 21.3 Å². The second kappa shape index (κ2) is 8.77. The molecule has 2 aromatic carbocycles. The molecule has 5 aromatic rings. The minimum atomic E-state index is -0.710. The van der Waals surface area contributed by atoms with Gasteiger partial charge in [-0.1, -0.05) is 30.3 Å². The molecule has 0 aliphatic heterocycles. The molecule has 0 aliphatic carbocycles. The van der Waals surface area contributed by atoms with Crippen molar-refractivity contribution in [1.29, 1.82) is 0 Å². The normalized spacial score (nSPS) is 11.2. The number of esters is 1. The van der Waals surface area contributed by atoms with Gasteiger partial charge >= 0.3 is 11.7 Å². The Kier molecular flexibility index (Phi) is 5.59. The van der Waals surface area contributed by atoms with E-state index in [1.54, 1.807) is 43.0 Å². The first-order chi connectivity index (χ1) is 17.4. The summed E-state index contributed by atoms with van der Waals surface area (Å²) in [5.41, 5.74) is 1.21. The van der Waals surface area contributed by atoms with Crippen LogP contribution in [0.3, 0.4) is 0 Å². The van der Waals surface area contributed by atoms with Gasteiger partial charge in [0.05, 0.1) is 32.7 Å². The molecule has 11 heteroatoms. The van der Waals surface area contributed by atoms with Gasteiger partial charge < -0.3 is 14.2 Å². The fourth-order valence-electron chi connectivity index (χ4n) is 4.25. The van der Waals surface area contributed by atoms with Gasteiger partial charge in [-0.15, -0.1) is 0 Å². The van der Waals surface area contributed by atoms with Crippen LogP contribution >= 0.6 is 0 Å². The highest BCUT2D eigenvalue weighted by atomic mass is 16.5. The van der Waals surface area contributed by atoms with E-state index in [4.69, 9.17) is 14.5 Å². The van der Waals surface area contributed by atoms with Crippen molar-refractivity contribution < 1.29 is 19.0 Å². The maximum atomic E-state index is 13.5. The van der Waals surface area contributed by atoms with Crippen molar-refractivity contribution in [3.05, 3.63) is 75.6 Å². The van der Waals surface area contributed by atoms with Gasteiger partial charge in [-0.25, -0.2) is 9.36 Å². The number of rotatable bonds is 6. The summed E-state index contributed by atoms with van der Waals surface area (Å²) in [4.78, 5) is 43.0. The van der Waals surface area contributed by atoms with Crippen LogP contribution in [0.25, 0.3) is 33.9 Å². The highest BCUT2D eigenvalue weighted by Gasteiger charge is 2.24. The summed E-state index contributed by atoms with van der Waals surface area (Å²) in [6.45, 7) is -0.513. The van der Waals surface area contributed by atoms with E-state index < -0.39 is 23.8 Å². The van der Waals surface area contributed by atoms with Crippen molar-refractivity contribution in [2.45, 2.75) is 6.54 Å². The number of fused-ring (bicyclic) bond motifs is 3. The molecule has 0 atom stereocenters. The van der Waals surface area contributed by atoms with Gasteiger partial charge in [-0.2, -0.15) is 4.98 Å². The van der Waals surface area contributed by atoms with E-state index in [2.05, 4.69) is 4.74 Å². The molecule has 5 rings (SSSR count). The topological polar surface area (TPSA) is 111 Å². The number of aromatic nitrogens is 5. The lowest BCUT2D eigenvalue weighted by molar-refractivity contribution is -0.141. The molecule has 0 amide bonds. The van der Waals surface area contributed by atoms with E-state index in [9.17, 15) is 14.4 Å². The largest absolute Gasteiger partial charge is 0.497 e. The van der Waals surface area contributed by atoms with Crippen LogP contribution in [0, 0.1) is 0 Å². The number of nitrogens with zero attached hydrogens (tertiary/aromatic N) is 5. The van der Waals surface area contributed by atoms with Gasteiger partial charge in [0.2, 0.25) is 5.78 Å². The molecule has 0 spiro atoms. The van der Waals surface area contributed by atoms with E-state index in [1.807, 2.05) is 34.9 Å². The average molecular weight is 489 g/mol. The maximum Gasteiger partial charge on any atom is 0.333 e. The number of methoxy groups -OCH3 is 3. The van der Waals surface area contributed by atoms with E-state index in [0.717, 1.165) is 15.8 Å². The summed E-state index contributed by atoms with van der Waals surface area (Å²) in [6, 6.07) is 15.0. The zero-order valence-electron chi connectivity index (χ0n) is 20.1. The summed E-state index contributed by atoms with van der Waals surface area (Å²) >= 11 is 0. The van der Waals surface area contributed by atoms with E-state index >= 15 is 0 Å². The monoisotopic (exact) mass is 489 g/mol. The molecule has 184 valence electrons. The molecular formula is C25H23N5O6. The number of aryl methyl sites for hydroxylation is 1. The lowest BCUT2D eigenvalue weighted by Gasteiger charge is -2.14. The SMILES string of the molecule is COC(=O)Cn1c(=O)c2c(nc3n(-c4cc(OC)ccc4OC)c(-c4ccccc4)cn23)n(C)c1=O. The first-order valence-electron chi connectivity index (χ1n) is 11.0. The van der Waals surface area contributed by atoms with Crippen LogP contribution < -0.4 is 20.7 Å². The number of ether oxygens (including phenoxy) is 3. The van der Waals surface area contributed by atoms with Gasteiger partial charge in [0.1, 0.15) is 18.0 Å². The Morgan fingerprint density at radius 3 is 2.42 bits per heavy atom. The predicted molar refractivity (Wildman–Crippen MR) is 132 cm³/mol. The zero-order valence-corrected chi connectivity index (χ0v) is 20.1. The van der Waals surface area contributed by atoms with Crippen LogP contribution in [-0.4, -0.2) is 50.4 Å². The van der Waals surface area contributed by atoms with Gasteiger partial charge in [0, 0.05) is 24.9 Å². The fraction of sp³-hybridized carbons (Fsp3) is 0.200. The van der Waals surface area contributed by atoms with E-state index in [0.29, 0.717) is 23.0 Å². The molecular weight excluding hydrogens is 466 g/mol. The third-order valence-corrected chi connectivity index (χ3v) is 6.06. The minimum absolute atomic E-state index is 0.147. The van der Waals surface area contributed by atoms with Crippen LogP contribution in [-0.2, 0) is 23.1 Å². The lowest BCUT2D eigenvalue weighted by atomic mass is 10.1. The van der Waals surface area contributed by atoms with Crippen LogP contribution in [0.15, 0.2) is 64.3 Å². The van der Waals surface area contributed by atoms with Gasteiger partial charge in [0.15, 0.2) is 11.2 Å². The molecule has 0 radical (unpaired) electrons. The molecule has 3 heterocycles. The Morgan fingerprint density at radius 2 is 1.75 bits per heavy atom. The van der Waals surface area contributed by atoms with Gasteiger partial charge in [0.25, 0.3) is 5.56 Å². The zero-order chi connectivity index (χ0) is 25.6. The van der Waals surface area contributed by atoms with Crippen molar-refractivity contribution in [3.63, 3.8) is 0 Å². The van der Waals surface area contributed by atoms with E-state index in [1.165, 1.54) is 18.7 Å². The Balaban J connectivity index is 1.93. The number of imidazole rings is 2. The molecule has 0 fully saturated rings. The van der Waals surface area contributed by atoms with Crippen LogP contribution in [0.5, 0.6) is 11.5 Å². The van der Waals surface area contributed by atoms with Crippen LogP contribution in [0.1, 0.15) is 0 Å². The molecule has 0 bridgehead atoms. The molecule has 0 saturated carbocycles. The highest BCUT2D eigenvalue weighted by Crippen LogP contribution is 2.35. The Labute approximate surface area is 204 Å². The van der Waals surface area contributed by atoms with Crippen molar-refractivity contribution >= 4 is 22.9 Å². The number of hydrogen-bond acceptors (Lipinski definition) is 7. The number of carbonyl (C=O) groups is 1. The number of carbonyl (C=O) groups excluding carboxylic acids is 1. The predicted octanol–water partition coefficient (Wildman–Crippen LogP) is 2.00. The smallest absolute Gasteiger partial charge is 0.333 e. The third-order valence-electron chi connectivity index (χ3n) is 6.06. The molecule has 0 unspecified atom stereocenters. The fourth-order valence-corrected chi connectivity index (χ4v) is 4.25. The first-order valence-corrected chi connectivity index (χ1v) is 11.0. The van der Waals surface area contributed by atoms with E-state index in [-0.39, 0.29) is 11.2 Å². The Bertz CT molecular complexity index is 1740. The number of hydrogen-bond donors (Lipinski definition) is 0. The Morgan fingerprint density at radius 1 is 1.00 bits per heavy atom. The molecule has 0 aliphatic rings. The van der Waals surface area contributed by atoms with Crippen LogP contribution in [0.2, 0.25) is 0 Å². The second-order valence-corrected chi connectivity index (χ2v) is 8.02. The minimum Gasteiger partial charge on any atom is -0.497 e. The van der Waals surface area contributed by atoms with Crippen LogP contribution in [0.4, 0.5) is 0 Å². The second-order valence-electron chi connectivity index (χ2n) is 8.02. The summed E-state index contributed by atoms with van der Waals surface area (Å²) in [7, 11) is 5.82. The maximum absolute atomic E-state index is 13.5. The van der Waals surface area contributed by atoms with Crippen molar-refractivity contribution in [2.24, 2.45) is 7.05 Å². The molecule has 36 heavy (non-hydrogen) atoms. The Hall–Kier alpha value is -4.80. The van der Waals surface area contributed by atoms with Gasteiger partial charge in [-0.05, 0) is 12.1 Å². The molecule has 11 nitrogen and oxygen atoms in total. The summed E-state index contributed by atoms with van der Waals surface area (Å²) in [5.74, 6) is 0.812. The lowest BCUT2D eigenvalue weighted by Crippen LogP contribution is -2.41. The van der Waals surface area contributed by atoms with Gasteiger partial charge in [-0.3, -0.25) is 23.1 Å². The molecule has 0 saturated heterocycles. The highest BCUT2D eigenvalue weighted by molar-refractivity contribution is 5.80. The quantitative estimate of drug-likeness (QED) is 0.336. The standard InChI is InChI=1S/C25H23N5O6/c1-27-22-21(23(32)29(25(27)33)14-20(31)36-4)28-13-18(15-8-6-5-7-9-15)30(24(28)26-22)17-12-16(34-2)10-11-19(17)35-3/h5-13H,14H2,1-4H3. The third kappa shape index (κ3) is 3.44. The van der Waals surface area contributed by atoms with Crippen molar-refractivity contribution in [3.8, 4) is 28.4 Å². The first kappa shape index (κ1) is 23.0. The average Bonchev–Trinajstić information content (AvgIpc) is 3.46. The molecule has 0 N–H and O–H groups in total. The summed E-state index contributed by atoms with van der Waals surface area (Å²) in [6.07, 6.45) is 1.77. The van der Waals surface area contributed by atoms with Crippen molar-refractivity contribution in [1.82, 2.24) is 23.1 Å². The molecule has 3 aromatic heterocycles. The number of benzene rings is 2.